The van der Waals surface area contributed by atoms with E-state index in [1.807, 2.05) is 0 Å². The van der Waals surface area contributed by atoms with Gasteiger partial charge in [-0.25, -0.2) is 0 Å². The first-order chi connectivity index (χ1) is 10.1. The van der Waals surface area contributed by atoms with Crippen molar-refractivity contribution in [1.29, 1.82) is 0 Å². The Morgan fingerprint density at radius 3 is 2.48 bits per heavy atom. The first kappa shape index (κ1) is 16.1. The van der Waals surface area contributed by atoms with Crippen LogP contribution in [-0.2, 0) is 16.8 Å². The third kappa shape index (κ3) is 3.87. The maximum absolute atomic E-state index is 12.6. The van der Waals surface area contributed by atoms with E-state index in [0.717, 1.165) is 25.7 Å². The van der Waals surface area contributed by atoms with Crippen molar-refractivity contribution < 1.29 is 13.2 Å². The van der Waals surface area contributed by atoms with E-state index in [4.69, 9.17) is 10.5 Å². The highest BCUT2D eigenvalue weighted by Gasteiger charge is 2.24. The van der Waals surface area contributed by atoms with E-state index in [-0.39, 0.29) is 6.54 Å². The Morgan fingerprint density at radius 1 is 1.24 bits per heavy atom. The molecule has 1 fully saturated rings. The van der Waals surface area contributed by atoms with E-state index in [9.17, 15) is 8.42 Å². The zero-order valence-electron chi connectivity index (χ0n) is 12.3. The fourth-order valence-corrected chi connectivity index (χ4v) is 3.87. The molecular weight excluding hydrogens is 290 g/mol. The van der Waals surface area contributed by atoms with Crippen molar-refractivity contribution in [3.63, 3.8) is 0 Å². The number of para-hydroxylation sites is 1. The maximum atomic E-state index is 12.6. The van der Waals surface area contributed by atoms with E-state index in [1.54, 1.807) is 18.2 Å². The van der Waals surface area contributed by atoms with Gasteiger partial charge in [0.2, 0.25) is 0 Å². The zero-order chi connectivity index (χ0) is 15.3. The Hall–Kier alpha value is -1.31. The van der Waals surface area contributed by atoms with Gasteiger partial charge < -0.3 is 10.5 Å². The highest BCUT2D eigenvalue weighted by Crippen LogP contribution is 2.30. The van der Waals surface area contributed by atoms with Gasteiger partial charge in [0.05, 0.1) is 12.8 Å². The Kier molecular flexibility index (Phi) is 5.44. The molecule has 1 aliphatic rings. The van der Waals surface area contributed by atoms with Crippen LogP contribution in [0.1, 0.15) is 31.2 Å². The molecule has 0 spiro atoms. The summed E-state index contributed by atoms with van der Waals surface area (Å²) in [4.78, 5) is 0. The molecule has 0 saturated carbocycles. The van der Waals surface area contributed by atoms with Crippen molar-refractivity contribution in [2.24, 2.45) is 5.73 Å². The average molecular weight is 313 g/mol. The highest BCUT2D eigenvalue weighted by atomic mass is 32.2. The molecule has 1 aromatic carbocycles. The molecular formula is C14H23N3O3S. The molecule has 1 heterocycles. The lowest BCUT2D eigenvalue weighted by Gasteiger charge is -2.22. The molecule has 0 aliphatic carbocycles. The minimum atomic E-state index is -3.58. The summed E-state index contributed by atoms with van der Waals surface area (Å²) in [6.07, 6.45) is 3.95. The summed E-state index contributed by atoms with van der Waals surface area (Å²) in [5, 5.41) is 0. The van der Waals surface area contributed by atoms with Gasteiger partial charge in [-0.2, -0.15) is 12.7 Å². The predicted octanol–water partition coefficient (Wildman–Crippen LogP) is 1.69. The van der Waals surface area contributed by atoms with E-state index in [2.05, 4.69) is 4.72 Å². The Morgan fingerprint density at radius 2 is 1.90 bits per heavy atom. The van der Waals surface area contributed by atoms with Gasteiger partial charge in [0.25, 0.3) is 0 Å². The molecule has 21 heavy (non-hydrogen) atoms. The Bertz CT molecular complexity index is 545. The topological polar surface area (TPSA) is 84.7 Å². The van der Waals surface area contributed by atoms with Gasteiger partial charge >= 0.3 is 10.2 Å². The van der Waals surface area contributed by atoms with Crippen molar-refractivity contribution >= 4 is 15.9 Å². The summed E-state index contributed by atoms with van der Waals surface area (Å²) >= 11 is 0. The number of rotatable bonds is 5. The molecule has 1 aliphatic heterocycles. The molecule has 3 N–H and O–H groups in total. The number of benzene rings is 1. The fourth-order valence-electron chi connectivity index (χ4n) is 2.51. The lowest BCUT2D eigenvalue weighted by atomic mass is 10.1. The van der Waals surface area contributed by atoms with Crippen LogP contribution in [0.15, 0.2) is 18.2 Å². The second-order valence-electron chi connectivity index (χ2n) is 5.12. The maximum Gasteiger partial charge on any atom is 0.301 e. The molecule has 0 radical (unpaired) electrons. The number of hydrogen-bond acceptors (Lipinski definition) is 4. The number of ether oxygens (including phenoxy) is 1. The van der Waals surface area contributed by atoms with Gasteiger partial charge in [-0.05, 0) is 24.5 Å². The molecule has 1 aromatic rings. The van der Waals surface area contributed by atoms with Crippen LogP contribution in [0.5, 0.6) is 5.75 Å². The van der Waals surface area contributed by atoms with Crippen LogP contribution in [-0.4, -0.2) is 32.9 Å². The van der Waals surface area contributed by atoms with Crippen molar-refractivity contribution in [3.8, 4) is 5.75 Å². The smallest absolute Gasteiger partial charge is 0.301 e. The summed E-state index contributed by atoms with van der Waals surface area (Å²) in [6, 6.07) is 5.31. The SMILES string of the molecule is COc1cccc(CN)c1NS(=O)(=O)N1CCCCCC1. The second kappa shape index (κ2) is 7.11. The molecule has 0 unspecified atom stereocenters. The molecule has 0 amide bonds. The standard InChI is InChI=1S/C14H23N3O3S/c1-20-13-8-6-7-12(11-15)14(13)16-21(18,19)17-9-4-2-3-5-10-17/h6-8,16H,2-5,9-11,15H2,1H3. The van der Waals surface area contributed by atoms with E-state index >= 15 is 0 Å². The van der Waals surface area contributed by atoms with Crippen molar-refractivity contribution in [1.82, 2.24) is 4.31 Å². The van der Waals surface area contributed by atoms with Crippen LogP contribution in [0, 0.1) is 0 Å². The number of anilines is 1. The normalized spacial score (nSPS) is 17.2. The minimum absolute atomic E-state index is 0.245. The molecule has 6 nitrogen and oxygen atoms in total. The number of hydrogen-bond donors (Lipinski definition) is 2. The van der Waals surface area contributed by atoms with Gasteiger partial charge in [-0.3, -0.25) is 4.72 Å². The molecule has 0 bridgehead atoms. The van der Waals surface area contributed by atoms with Crippen LogP contribution < -0.4 is 15.2 Å². The van der Waals surface area contributed by atoms with E-state index < -0.39 is 10.2 Å². The summed E-state index contributed by atoms with van der Waals surface area (Å²) < 4.78 is 34.5. The predicted molar refractivity (Wildman–Crippen MR) is 83.5 cm³/mol. The second-order valence-corrected chi connectivity index (χ2v) is 6.79. The fraction of sp³-hybridized carbons (Fsp3) is 0.571. The van der Waals surface area contributed by atoms with Crippen LogP contribution in [0.25, 0.3) is 0 Å². The van der Waals surface area contributed by atoms with Crippen molar-refractivity contribution in [2.75, 3.05) is 24.9 Å². The molecule has 2 rings (SSSR count). The molecule has 1 saturated heterocycles. The van der Waals surface area contributed by atoms with Crippen LogP contribution in [0.2, 0.25) is 0 Å². The average Bonchev–Trinajstić information content (AvgIpc) is 2.76. The Labute approximate surface area is 126 Å². The van der Waals surface area contributed by atoms with Gasteiger partial charge in [-0.1, -0.05) is 25.0 Å². The van der Waals surface area contributed by atoms with Crippen LogP contribution in [0.3, 0.4) is 0 Å². The third-order valence-corrected chi connectivity index (χ3v) is 5.20. The molecule has 118 valence electrons. The van der Waals surface area contributed by atoms with Crippen LogP contribution in [0.4, 0.5) is 5.69 Å². The minimum Gasteiger partial charge on any atom is -0.495 e. The first-order valence-corrected chi connectivity index (χ1v) is 8.66. The quantitative estimate of drug-likeness (QED) is 0.866. The Balaban J connectivity index is 2.27. The summed E-state index contributed by atoms with van der Waals surface area (Å²) in [6.45, 7) is 1.36. The summed E-state index contributed by atoms with van der Waals surface area (Å²) in [7, 11) is -2.06. The van der Waals surface area contributed by atoms with Crippen LogP contribution >= 0.6 is 0 Å². The lowest BCUT2D eigenvalue weighted by molar-refractivity contribution is 0.414. The van der Waals surface area contributed by atoms with Gasteiger partial charge in [0, 0.05) is 19.6 Å². The lowest BCUT2D eigenvalue weighted by Crippen LogP contribution is -2.37. The van der Waals surface area contributed by atoms with Gasteiger partial charge in [0.15, 0.2) is 0 Å². The third-order valence-electron chi connectivity index (χ3n) is 3.69. The number of nitrogens with one attached hydrogen (secondary N) is 1. The van der Waals surface area contributed by atoms with Crippen molar-refractivity contribution in [2.45, 2.75) is 32.2 Å². The first-order valence-electron chi connectivity index (χ1n) is 7.22. The van der Waals surface area contributed by atoms with E-state index in [0.29, 0.717) is 30.1 Å². The van der Waals surface area contributed by atoms with Crippen molar-refractivity contribution in [3.05, 3.63) is 23.8 Å². The highest BCUT2D eigenvalue weighted by molar-refractivity contribution is 7.90. The number of methoxy groups -OCH3 is 1. The van der Waals surface area contributed by atoms with E-state index in [1.165, 1.54) is 11.4 Å². The summed E-state index contributed by atoms with van der Waals surface area (Å²) in [5.41, 5.74) is 6.84. The molecule has 0 aromatic heterocycles. The molecule has 0 atom stereocenters. The number of nitrogens with two attached hydrogens (primary N) is 1. The molecule has 7 heteroatoms. The monoisotopic (exact) mass is 313 g/mol. The number of nitrogens with zero attached hydrogens (tertiary/aromatic N) is 1. The summed E-state index contributed by atoms with van der Waals surface area (Å²) in [5.74, 6) is 0.483. The zero-order valence-corrected chi connectivity index (χ0v) is 13.2. The van der Waals surface area contributed by atoms with Gasteiger partial charge in [0.1, 0.15) is 5.75 Å². The van der Waals surface area contributed by atoms with Gasteiger partial charge in [-0.15, -0.1) is 0 Å². The largest absolute Gasteiger partial charge is 0.495 e.